The molecule has 2 N–H and O–H groups in total. The molecule has 0 radical (unpaired) electrons. The van der Waals surface area contributed by atoms with Gasteiger partial charge in [-0.25, -0.2) is 9.18 Å². The highest BCUT2D eigenvalue weighted by Crippen LogP contribution is 2.19. The van der Waals surface area contributed by atoms with E-state index in [2.05, 4.69) is 10.6 Å². The van der Waals surface area contributed by atoms with Gasteiger partial charge in [0.1, 0.15) is 5.82 Å². The Morgan fingerprint density at radius 2 is 2.05 bits per heavy atom. The van der Waals surface area contributed by atoms with Crippen molar-refractivity contribution in [1.29, 1.82) is 0 Å². The van der Waals surface area contributed by atoms with E-state index < -0.39 is 0 Å². The third-order valence-electron chi connectivity index (χ3n) is 2.77. The van der Waals surface area contributed by atoms with E-state index in [1.807, 2.05) is 13.0 Å². The molecule has 20 heavy (non-hydrogen) atoms. The topological polar surface area (TPSA) is 41.1 Å². The maximum atomic E-state index is 13.0. The normalized spacial score (nSPS) is 10.2. The van der Waals surface area contributed by atoms with E-state index in [1.54, 1.807) is 24.3 Å². The Morgan fingerprint density at radius 3 is 2.75 bits per heavy atom. The monoisotopic (exact) mass is 292 g/mol. The lowest BCUT2D eigenvalue weighted by Crippen LogP contribution is -2.28. The average Bonchev–Trinajstić information content (AvgIpc) is 2.41. The summed E-state index contributed by atoms with van der Waals surface area (Å²) in [4.78, 5) is 11.7. The molecule has 2 rings (SSSR count). The van der Waals surface area contributed by atoms with Crippen molar-refractivity contribution in [2.24, 2.45) is 0 Å². The zero-order chi connectivity index (χ0) is 14.5. The van der Waals surface area contributed by atoms with Gasteiger partial charge in [-0.15, -0.1) is 0 Å². The number of benzene rings is 2. The quantitative estimate of drug-likeness (QED) is 0.878. The summed E-state index contributed by atoms with van der Waals surface area (Å²) in [7, 11) is 0. The van der Waals surface area contributed by atoms with Crippen LogP contribution in [0.15, 0.2) is 42.5 Å². The van der Waals surface area contributed by atoms with Crippen LogP contribution in [0.4, 0.5) is 14.9 Å². The third kappa shape index (κ3) is 3.96. The van der Waals surface area contributed by atoms with Gasteiger partial charge >= 0.3 is 6.03 Å². The van der Waals surface area contributed by atoms with E-state index in [9.17, 15) is 9.18 Å². The van der Waals surface area contributed by atoms with Crippen LogP contribution >= 0.6 is 11.6 Å². The largest absolute Gasteiger partial charge is 0.334 e. The molecule has 0 fully saturated rings. The van der Waals surface area contributed by atoms with Crippen LogP contribution in [-0.2, 0) is 6.54 Å². The van der Waals surface area contributed by atoms with Crippen LogP contribution in [0.2, 0.25) is 5.02 Å². The van der Waals surface area contributed by atoms with E-state index in [0.717, 1.165) is 5.56 Å². The first kappa shape index (κ1) is 14.3. The summed E-state index contributed by atoms with van der Waals surface area (Å²) in [5.74, 6) is -0.324. The molecule has 0 atom stereocenters. The number of anilines is 1. The second-order valence-electron chi connectivity index (χ2n) is 4.40. The molecule has 104 valence electrons. The zero-order valence-electron chi connectivity index (χ0n) is 10.9. The number of carbonyl (C=O) groups is 1. The van der Waals surface area contributed by atoms with Crippen molar-refractivity contribution < 1.29 is 9.18 Å². The lowest BCUT2D eigenvalue weighted by atomic mass is 10.2. The van der Waals surface area contributed by atoms with Crippen molar-refractivity contribution in [3.8, 4) is 0 Å². The highest BCUT2D eigenvalue weighted by atomic mass is 35.5. The molecule has 0 aliphatic carbocycles. The van der Waals surface area contributed by atoms with Crippen LogP contribution in [0.25, 0.3) is 0 Å². The van der Waals surface area contributed by atoms with Gasteiger partial charge in [-0.3, -0.25) is 0 Å². The molecule has 0 aliphatic rings. The van der Waals surface area contributed by atoms with Crippen LogP contribution in [0.3, 0.4) is 0 Å². The second kappa shape index (κ2) is 6.39. The third-order valence-corrected chi connectivity index (χ3v) is 3.18. The standard InChI is InChI=1S/C15H14ClFN2O/c1-10-5-6-13(8-14(10)16)19-15(20)18-9-11-3-2-4-12(17)7-11/h2-8H,9H2,1H3,(H2,18,19,20). The minimum atomic E-state index is -0.366. The molecule has 0 bridgehead atoms. The molecule has 2 aromatic rings. The van der Waals surface area contributed by atoms with Gasteiger partial charge in [-0.2, -0.15) is 0 Å². The van der Waals surface area contributed by atoms with E-state index in [1.165, 1.54) is 12.1 Å². The molecule has 0 unspecified atom stereocenters. The number of hydrogen-bond acceptors (Lipinski definition) is 1. The molecule has 0 saturated carbocycles. The van der Waals surface area contributed by atoms with Gasteiger partial charge in [-0.05, 0) is 42.3 Å². The van der Waals surface area contributed by atoms with Crippen molar-refractivity contribution in [2.45, 2.75) is 13.5 Å². The van der Waals surface area contributed by atoms with E-state index in [0.29, 0.717) is 16.3 Å². The number of urea groups is 1. The highest BCUT2D eigenvalue weighted by molar-refractivity contribution is 6.31. The summed E-state index contributed by atoms with van der Waals surface area (Å²) in [6.45, 7) is 2.14. The predicted molar refractivity (Wildman–Crippen MR) is 78.4 cm³/mol. The predicted octanol–water partition coefficient (Wildman–Crippen LogP) is 4.11. The minimum absolute atomic E-state index is 0.253. The van der Waals surface area contributed by atoms with Crippen molar-refractivity contribution >= 4 is 23.3 Å². The Balaban J connectivity index is 1.91. The maximum absolute atomic E-state index is 13.0. The minimum Gasteiger partial charge on any atom is -0.334 e. The first-order valence-electron chi connectivity index (χ1n) is 6.10. The van der Waals surface area contributed by atoms with Crippen molar-refractivity contribution in [3.05, 3.63) is 64.4 Å². The second-order valence-corrected chi connectivity index (χ2v) is 4.81. The smallest absolute Gasteiger partial charge is 0.319 e. The molecule has 0 spiro atoms. The first-order chi connectivity index (χ1) is 9.54. The van der Waals surface area contributed by atoms with Gasteiger partial charge in [0.05, 0.1) is 0 Å². The zero-order valence-corrected chi connectivity index (χ0v) is 11.7. The lowest BCUT2D eigenvalue weighted by Gasteiger charge is -2.09. The van der Waals surface area contributed by atoms with Gasteiger partial charge < -0.3 is 10.6 Å². The Hall–Kier alpha value is -2.07. The van der Waals surface area contributed by atoms with Crippen molar-refractivity contribution in [1.82, 2.24) is 5.32 Å². The summed E-state index contributed by atoms with van der Waals surface area (Å²) in [5, 5.41) is 5.91. The number of carbonyl (C=O) groups excluding carboxylic acids is 1. The summed E-state index contributed by atoms with van der Waals surface area (Å²) >= 11 is 5.97. The molecule has 0 heterocycles. The summed E-state index contributed by atoms with van der Waals surface area (Å²) < 4.78 is 13.0. The van der Waals surface area contributed by atoms with Crippen LogP contribution in [0.1, 0.15) is 11.1 Å². The van der Waals surface area contributed by atoms with Crippen LogP contribution in [0, 0.1) is 12.7 Å². The average molecular weight is 293 g/mol. The fourth-order valence-corrected chi connectivity index (χ4v) is 1.86. The Labute approximate surface area is 121 Å². The fourth-order valence-electron chi connectivity index (χ4n) is 1.68. The molecule has 5 heteroatoms. The maximum Gasteiger partial charge on any atom is 0.319 e. The molecule has 0 aromatic heterocycles. The van der Waals surface area contributed by atoms with Gasteiger partial charge in [-0.1, -0.05) is 29.8 Å². The highest BCUT2D eigenvalue weighted by Gasteiger charge is 2.04. The molecular formula is C15H14ClFN2O. The molecule has 0 saturated heterocycles. The van der Waals surface area contributed by atoms with Crippen molar-refractivity contribution in [3.63, 3.8) is 0 Å². The van der Waals surface area contributed by atoms with Gasteiger partial charge in [0.2, 0.25) is 0 Å². The van der Waals surface area contributed by atoms with E-state index in [4.69, 9.17) is 11.6 Å². The molecule has 2 amide bonds. The SMILES string of the molecule is Cc1ccc(NC(=O)NCc2cccc(F)c2)cc1Cl. The lowest BCUT2D eigenvalue weighted by molar-refractivity contribution is 0.251. The van der Waals surface area contributed by atoms with E-state index >= 15 is 0 Å². The number of amides is 2. The molecular weight excluding hydrogens is 279 g/mol. The van der Waals surface area contributed by atoms with E-state index in [-0.39, 0.29) is 18.4 Å². The molecule has 2 aromatic carbocycles. The first-order valence-corrected chi connectivity index (χ1v) is 6.48. The Bertz CT molecular complexity index is 631. The molecule has 3 nitrogen and oxygen atoms in total. The number of nitrogens with one attached hydrogen (secondary N) is 2. The Kier molecular flexibility index (Phi) is 4.58. The van der Waals surface area contributed by atoms with Crippen molar-refractivity contribution in [2.75, 3.05) is 5.32 Å². The van der Waals surface area contributed by atoms with Gasteiger partial charge in [0, 0.05) is 17.3 Å². The number of aryl methyl sites for hydroxylation is 1. The van der Waals surface area contributed by atoms with Crippen LogP contribution in [0.5, 0.6) is 0 Å². The summed E-state index contributed by atoms with van der Waals surface area (Å²) in [6.07, 6.45) is 0. The fraction of sp³-hybridized carbons (Fsp3) is 0.133. The summed E-state index contributed by atoms with van der Waals surface area (Å²) in [6, 6.07) is 11.0. The van der Waals surface area contributed by atoms with Gasteiger partial charge in [0.15, 0.2) is 0 Å². The summed E-state index contributed by atoms with van der Waals surface area (Å²) in [5.41, 5.74) is 2.25. The number of rotatable bonds is 3. The van der Waals surface area contributed by atoms with Crippen LogP contribution < -0.4 is 10.6 Å². The number of halogens is 2. The molecule has 0 aliphatic heterocycles. The van der Waals surface area contributed by atoms with Gasteiger partial charge in [0.25, 0.3) is 0 Å². The Morgan fingerprint density at radius 1 is 1.25 bits per heavy atom. The van der Waals surface area contributed by atoms with Crippen LogP contribution in [-0.4, -0.2) is 6.03 Å². The number of hydrogen-bond donors (Lipinski definition) is 2.